The molecule has 84 valence electrons. The Hall–Kier alpha value is -0.570. The third-order valence-corrected chi connectivity index (χ3v) is 2.81. The summed E-state index contributed by atoms with van der Waals surface area (Å²) in [5, 5.41) is 0. The third kappa shape index (κ3) is 5.22. The average molecular weight is 202 g/mol. The van der Waals surface area contributed by atoms with Gasteiger partial charge in [0.15, 0.2) is 0 Å². The van der Waals surface area contributed by atoms with Crippen molar-refractivity contribution in [2.75, 3.05) is 33.8 Å². The van der Waals surface area contributed by atoms with Crippen LogP contribution in [0.25, 0.3) is 0 Å². The van der Waals surface area contributed by atoms with Gasteiger partial charge in [0.1, 0.15) is 13.2 Å². The van der Waals surface area contributed by atoms with Gasteiger partial charge in [-0.25, -0.2) is 0 Å². The Labute approximate surface area is 87.6 Å². The Morgan fingerprint density at radius 1 is 1.36 bits per heavy atom. The van der Waals surface area contributed by atoms with Crippen molar-refractivity contribution in [3.8, 4) is 0 Å². The van der Waals surface area contributed by atoms with Gasteiger partial charge in [0, 0.05) is 0 Å². The van der Waals surface area contributed by atoms with Crippen LogP contribution in [0.15, 0.2) is 0 Å². The van der Waals surface area contributed by atoms with Crippen LogP contribution in [0.3, 0.4) is 0 Å². The zero-order chi connectivity index (χ0) is 11.2. The average Bonchev–Trinajstić information content (AvgIpc) is 2.16. The van der Waals surface area contributed by atoms with Gasteiger partial charge >= 0.3 is 5.97 Å². The Kier molecular flexibility index (Phi) is 5.77. The minimum absolute atomic E-state index is 0.0345. The van der Waals surface area contributed by atoms with Gasteiger partial charge in [-0.15, -0.1) is 0 Å². The molecule has 0 saturated heterocycles. The zero-order valence-electron chi connectivity index (χ0n) is 10.2. The van der Waals surface area contributed by atoms with Gasteiger partial charge in [-0.05, 0) is 13.3 Å². The predicted octanol–water partition coefficient (Wildman–Crippen LogP) is 1.67. The number of carbonyl (C=O) groups is 1. The van der Waals surface area contributed by atoms with E-state index in [4.69, 9.17) is 4.74 Å². The second kappa shape index (κ2) is 6.02. The highest BCUT2D eigenvalue weighted by Gasteiger charge is 2.15. The van der Waals surface area contributed by atoms with Crippen molar-refractivity contribution in [3.05, 3.63) is 0 Å². The lowest BCUT2D eigenvalue weighted by molar-refractivity contribution is -0.888. The molecule has 1 unspecified atom stereocenters. The first-order valence-corrected chi connectivity index (χ1v) is 5.41. The van der Waals surface area contributed by atoms with Crippen molar-refractivity contribution < 1.29 is 14.0 Å². The lowest BCUT2D eigenvalue weighted by atomic mass is 10.1. The number of nitrogens with zero attached hydrogens (tertiary/aromatic N) is 1. The van der Waals surface area contributed by atoms with E-state index >= 15 is 0 Å². The molecule has 0 radical (unpaired) electrons. The minimum Gasteiger partial charge on any atom is -0.459 e. The number of hydrogen-bond donors (Lipinski definition) is 0. The maximum atomic E-state index is 11.3. The van der Waals surface area contributed by atoms with E-state index in [0.29, 0.717) is 6.61 Å². The molecular formula is C11H24NO2+. The Balaban J connectivity index is 3.69. The van der Waals surface area contributed by atoms with Crippen LogP contribution in [0.4, 0.5) is 0 Å². The highest BCUT2D eigenvalue weighted by Crippen LogP contribution is 2.03. The quantitative estimate of drug-likeness (QED) is 0.484. The molecule has 0 rings (SSSR count). The lowest BCUT2D eigenvalue weighted by Gasteiger charge is -2.27. The highest BCUT2D eigenvalue weighted by atomic mass is 16.5. The van der Waals surface area contributed by atoms with Crippen molar-refractivity contribution in [2.45, 2.75) is 27.2 Å². The molecule has 0 heterocycles. The van der Waals surface area contributed by atoms with Crippen LogP contribution in [0.5, 0.6) is 0 Å². The topological polar surface area (TPSA) is 26.3 Å². The molecule has 0 saturated carbocycles. The monoisotopic (exact) mass is 202 g/mol. The summed E-state index contributed by atoms with van der Waals surface area (Å²) >= 11 is 0. The first-order valence-electron chi connectivity index (χ1n) is 5.41. The molecule has 1 atom stereocenters. The number of carbonyl (C=O) groups excluding carboxylic acids is 1. The maximum absolute atomic E-state index is 11.3. The fourth-order valence-corrected chi connectivity index (χ4v) is 0.860. The van der Waals surface area contributed by atoms with Gasteiger partial charge in [0.05, 0.1) is 26.6 Å². The standard InChI is InChI=1S/C11H24NO2/c1-6-10(3)11(13)14-9-8-12(4,5)7-2/h10H,6-9H2,1-5H3/q+1. The van der Waals surface area contributed by atoms with Crippen LogP contribution < -0.4 is 0 Å². The van der Waals surface area contributed by atoms with E-state index in [1.807, 2.05) is 13.8 Å². The van der Waals surface area contributed by atoms with Crippen molar-refractivity contribution in [1.82, 2.24) is 0 Å². The summed E-state index contributed by atoms with van der Waals surface area (Å²) in [7, 11) is 4.27. The van der Waals surface area contributed by atoms with Gasteiger partial charge < -0.3 is 9.22 Å². The molecule has 0 fully saturated rings. The van der Waals surface area contributed by atoms with E-state index in [0.717, 1.165) is 24.0 Å². The molecule has 14 heavy (non-hydrogen) atoms. The van der Waals surface area contributed by atoms with Crippen LogP contribution in [0, 0.1) is 5.92 Å². The number of quaternary nitrogens is 1. The van der Waals surface area contributed by atoms with Crippen molar-refractivity contribution in [1.29, 1.82) is 0 Å². The zero-order valence-corrected chi connectivity index (χ0v) is 10.2. The summed E-state index contributed by atoms with van der Waals surface area (Å²) in [5.74, 6) is -0.0316. The van der Waals surface area contributed by atoms with E-state index in [1.165, 1.54) is 0 Å². The van der Waals surface area contributed by atoms with Gasteiger partial charge in [-0.2, -0.15) is 0 Å². The van der Waals surface area contributed by atoms with E-state index in [2.05, 4.69) is 21.0 Å². The first-order chi connectivity index (χ1) is 6.43. The smallest absolute Gasteiger partial charge is 0.308 e. The molecule has 3 heteroatoms. The van der Waals surface area contributed by atoms with Crippen LogP contribution in [0.2, 0.25) is 0 Å². The summed E-state index contributed by atoms with van der Waals surface area (Å²) in [4.78, 5) is 11.3. The van der Waals surface area contributed by atoms with Crippen LogP contribution in [-0.2, 0) is 9.53 Å². The number of rotatable bonds is 6. The fourth-order valence-electron chi connectivity index (χ4n) is 0.860. The molecule has 0 aromatic carbocycles. The molecule has 3 nitrogen and oxygen atoms in total. The number of hydrogen-bond acceptors (Lipinski definition) is 2. The Morgan fingerprint density at radius 2 is 1.93 bits per heavy atom. The second-order valence-corrected chi connectivity index (χ2v) is 4.45. The Morgan fingerprint density at radius 3 is 2.36 bits per heavy atom. The normalized spacial score (nSPS) is 13.8. The molecule has 0 aromatic rings. The minimum atomic E-state index is -0.0661. The fraction of sp³-hybridized carbons (Fsp3) is 0.909. The van der Waals surface area contributed by atoms with Crippen molar-refractivity contribution in [3.63, 3.8) is 0 Å². The Bertz CT molecular complexity index is 178. The lowest BCUT2D eigenvalue weighted by Crippen LogP contribution is -2.42. The highest BCUT2D eigenvalue weighted by molar-refractivity contribution is 5.71. The van der Waals surface area contributed by atoms with E-state index in [9.17, 15) is 4.79 Å². The van der Waals surface area contributed by atoms with Gasteiger partial charge in [-0.1, -0.05) is 13.8 Å². The van der Waals surface area contributed by atoms with E-state index in [1.54, 1.807) is 0 Å². The molecule has 0 aliphatic rings. The SMILES string of the molecule is CCC(C)C(=O)OCC[N+](C)(C)CC. The largest absolute Gasteiger partial charge is 0.459 e. The second-order valence-electron chi connectivity index (χ2n) is 4.45. The van der Waals surface area contributed by atoms with Gasteiger partial charge in [0.2, 0.25) is 0 Å². The van der Waals surface area contributed by atoms with E-state index < -0.39 is 0 Å². The summed E-state index contributed by atoms with van der Waals surface area (Å²) < 4.78 is 6.07. The molecule has 0 aliphatic carbocycles. The molecule has 0 bridgehead atoms. The summed E-state index contributed by atoms with van der Waals surface area (Å²) in [6.45, 7) is 8.51. The number of esters is 1. The summed E-state index contributed by atoms with van der Waals surface area (Å²) in [5.41, 5.74) is 0. The van der Waals surface area contributed by atoms with Gasteiger partial charge in [-0.3, -0.25) is 4.79 Å². The van der Waals surface area contributed by atoms with Crippen molar-refractivity contribution >= 4 is 5.97 Å². The van der Waals surface area contributed by atoms with Crippen LogP contribution in [0.1, 0.15) is 27.2 Å². The van der Waals surface area contributed by atoms with Gasteiger partial charge in [0.25, 0.3) is 0 Å². The molecule has 0 amide bonds. The van der Waals surface area contributed by atoms with Crippen LogP contribution >= 0.6 is 0 Å². The molecule has 0 aromatic heterocycles. The van der Waals surface area contributed by atoms with Crippen molar-refractivity contribution in [2.24, 2.45) is 5.92 Å². The molecule has 0 N–H and O–H groups in total. The third-order valence-electron chi connectivity index (χ3n) is 2.81. The molecule has 0 spiro atoms. The summed E-state index contributed by atoms with van der Waals surface area (Å²) in [6, 6.07) is 0. The van der Waals surface area contributed by atoms with Crippen LogP contribution in [-0.4, -0.2) is 44.2 Å². The number of likely N-dealkylation sites (N-methyl/N-ethyl adjacent to an activating group) is 1. The molecular weight excluding hydrogens is 178 g/mol. The predicted molar refractivity (Wildman–Crippen MR) is 57.9 cm³/mol. The van der Waals surface area contributed by atoms with E-state index in [-0.39, 0.29) is 11.9 Å². The maximum Gasteiger partial charge on any atom is 0.308 e. The first kappa shape index (κ1) is 13.4. The summed E-state index contributed by atoms with van der Waals surface area (Å²) in [6.07, 6.45) is 0.852. The molecule has 0 aliphatic heterocycles. The number of ether oxygens (including phenoxy) is 1.